The molecule has 0 saturated heterocycles. The van der Waals surface area contributed by atoms with E-state index in [0.717, 1.165) is 64.2 Å². The fraction of sp³-hybridized carbons (Fsp3) is 0.739. The van der Waals surface area contributed by atoms with Gasteiger partial charge in [-0.2, -0.15) is 0 Å². The van der Waals surface area contributed by atoms with Crippen molar-refractivity contribution in [1.82, 2.24) is 0 Å². The van der Waals surface area contributed by atoms with Gasteiger partial charge in [-0.15, -0.1) is 0 Å². The molecule has 0 aromatic heterocycles. The summed E-state index contributed by atoms with van der Waals surface area (Å²) in [7, 11) is -8.64. The van der Waals surface area contributed by atoms with Gasteiger partial charge in [-0.3, -0.25) is 9.13 Å². The van der Waals surface area contributed by atoms with E-state index in [2.05, 4.69) is 41.5 Å². The summed E-state index contributed by atoms with van der Waals surface area (Å²) in [5.41, 5.74) is 2.43. The Kier molecular flexibility index (Phi) is 34.9. The summed E-state index contributed by atoms with van der Waals surface area (Å²) in [5.74, 6) is 1.16. The van der Waals surface area contributed by atoms with E-state index in [1.54, 1.807) is 24.3 Å². The second kappa shape index (κ2) is 35.6. The number of rotatable bonds is 34. The Morgan fingerprint density at radius 3 is 1.05 bits per heavy atom. The minimum Gasteiger partial charge on any atom is -0.746 e. The van der Waals surface area contributed by atoms with Gasteiger partial charge in [0.1, 0.15) is 11.5 Å². The van der Waals surface area contributed by atoms with E-state index in [0.29, 0.717) is 11.5 Å². The smallest absolute Gasteiger partial charge is 0.746 e. The average molecular weight is 882 g/mol. The normalized spacial score (nSPS) is 14.3. The Labute approximate surface area is 359 Å². The second-order valence-electron chi connectivity index (χ2n) is 15.5. The predicted molar refractivity (Wildman–Crippen MR) is 231 cm³/mol. The third kappa shape index (κ3) is 30.5. The number of phosphoric ester groups is 2. The molecule has 57 heavy (non-hydrogen) atoms. The zero-order valence-corrected chi connectivity index (χ0v) is 39.5. The van der Waals surface area contributed by atoms with Crippen molar-refractivity contribution >= 4 is 15.6 Å². The van der Waals surface area contributed by atoms with Gasteiger partial charge in [-0.1, -0.05) is 181 Å². The van der Waals surface area contributed by atoms with Gasteiger partial charge in [0.15, 0.2) is 0 Å². The number of benzene rings is 2. The minimum absolute atomic E-state index is 0. The van der Waals surface area contributed by atoms with E-state index in [1.165, 1.54) is 101 Å². The number of hydrogen-bond donors (Lipinski definition) is 0. The largest absolute Gasteiger partial charge is 2.00 e. The van der Waals surface area contributed by atoms with E-state index in [-0.39, 0.29) is 41.8 Å². The molecule has 0 aliphatic heterocycles. The Morgan fingerprint density at radius 1 is 0.456 bits per heavy atom. The van der Waals surface area contributed by atoms with E-state index in [1.807, 2.05) is 24.3 Å². The molecule has 4 unspecified atom stereocenters. The maximum atomic E-state index is 12.1. The third-order valence-corrected chi connectivity index (χ3v) is 12.2. The average Bonchev–Trinajstić information content (AvgIpc) is 3.18. The van der Waals surface area contributed by atoms with Crippen LogP contribution < -0.4 is 18.8 Å². The van der Waals surface area contributed by atoms with Crippen molar-refractivity contribution < 1.29 is 53.8 Å². The number of unbranched alkanes of at least 4 members (excludes halogenated alkanes) is 14. The number of phosphoric acid groups is 2. The topological polar surface area (TPSA) is 117 Å². The SMILES string of the molecule is CCCCCCCCCc1ccc(OP(=O)([O-])OCC(CC)CCCC)cc1.CCCCCCCCCc1ccc(OP(=O)([O-])OCC(CC)CCCC)cc1.[Co+2]. The van der Waals surface area contributed by atoms with Gasteiger partial charge < -0.3 is 27.9 Å². The first kappa shape index (κ1) is 55.8. The monoisotopic (exact) mass is 881 g/mol. The molecular weight excluding hydrogens is 801 g/mol. The Bertz CT molecular complexity index is 1190. The molecular formula is C46H80CoO8P2. The van der Waals surface area contributed by atoms with Crippen LogP contribution in [0.2, 0.25) is 0 Å². The van der Waals surface area contributed by atoms with Gasteiger partial charge >= 0.3 is 32.4 Å². The van der Waals surface area contributed by atoms with Crippen LogP contribution in [0, 0.1) is 11.8 Å². The van der Waals surface area contributed by atoms with Crippen molar-refractivity contribution in [1.29, 1.82) is 0 Å². The molecule has 8 nitrogen and oxygen atoms in total. The van der Waals surface area contributed by atoms with Crippen LogP contribution in [0.15, 0.2) is 48.5 Å². The molecule has 11 heteroatoms. The molecule has 2 aromatic rings. The molecule has 0 aliphatic rings. The summed E-state index contributed by atoms with van der Waals surface area (Å²) in [6.07, 6.45) is 28.3. The molecule has 0 aliphatic carbocycles. The summed E-state index contributed by atoms with van der Waals surface area (Å²) in [6.45, 7) is 13.3. The van der Waals surface area contributed by atoms with Crippen LogP contribution in [0.25, 0.3) is 0 Å². The van der Waals surface area contributed by atoms with Gasteiger partial charge in [0.2, 0.25) is 0 Å². The molecule has 1 radical (unpaired) electrons. The summed E-state index contributed by atoms with van der Waals surface area (Å²) < 4.78 is 44.6. The molecule has 0 saturated carbocycles. The van der Waals surface area contributed by atoms with Gasteiger partial charge in [0.05, 0.1) is 13.2 Å². The van der Waals surface area contributed by atoms with Crippen LogP contribution in [0.3, 0.4) is 0 Å². The maximum Gasteiger partial charge on any atom is 2.00 e. The van der Waals surface area contributed by atoms with E-state index in [9.17, 15) is 18.9 Å². The van der Waals surface area contributed by atoms with Gasteiger partial charge in [-0.25, -0.2) is 0 Å². The summed E-state index contributed by atoms with van der Waals surface area (Å²) >= 11 is 0. The Balaban J connectivity index is 0.00000108. The minimum atomic E-state index is -4.32. The fourth-order valence-corrected chi connectivity index (χ4v) is 8.16. The summed E-state index contributed by atoms with van der Waals surface area (Å²) in [5, 5.41) is 0. The van der Waals surface area contributed by atoms with Crippen LogP contribution >= 0.6 is 15.6 Å². The van der Waals surface area contributed by atoms with Crippen LogP contribution in [0.1, 0.15) is 194 Å². The molecule has 0 bridgehead atoms. The summed E-state index contributed by atoms with van der Waals surface area (Å²) in [4.78, 5) is 24.2. The Morgan fingerprint density at radius 2 is 0.754 bits per heavy atom. The maximum absolute atomic E-state index is 12.1. The van der Waals surface area contributed by atoms with Crippen molar-refractivity contribution in [3.63, 3.8) is 0 Å². The molecule has 0 fully saturated rings. The van der Waals surface area contributed by atoms with E-state index < -0.39 is 15.6 Å². The standard InChI is InChI=1S/2C23H41O4P.Co/c2*1-4-7-9-10-11-12-13-15-22-16-18-23(19-17-22)27-28(24,25)26-20-21(6-3)14-8-5-2;/h2*16-19,21H,4-15,20H2,1-3H3,(H,24,25);/q;;+2/p-2. The first-order chi connectivity index (χ1) is 27.0. The first-order valence-electron chi connectivity index (χ1n) is 22.5. The predicted octanol–water partition coefficient (Wildman–Crippen LogP) is 14.1. The third-order valence-electron chi connectivity index (χ3n) is 10.4. The molecule has 331 valence electrons. The molecule has 0 spiro atoms. The number of aryl methyl sites for hydroxylation is 2. The summed E-state index contributed by atoms with van der Waals surface area (Å²) in [6, 6.07) is 14.7. The van der Waals surface area contributed by atoms with Crippen molar-refractivity contribution in [2.24, 2.45) is 11.8 Å². The molecule has 0 N–H and O–H groups in total. The molecule has 0 amide bonds. The zero-order chi connectivity index (χ0) is 41.3. The van der Waals surface area contributed by atoms with Crippen LogP contribution in [-0.2, 0) is 47.8 Å². The Hall–Kier alpha value is -1.15. The van der Waals surface area contributed by atoms with Gasteiger partial charge in [0, 0.05) is 0 Å². The van der Waals surface area contributed by atoms with Gasteiger partial charge in [0.25, 0.3) is 0 Å². The number of hydrogen-bond acceptors (Lipinski definition) is 8. The molecule has 2 rings (SSSR count). The zero-order valence-electron chi connectivity index (χ0n) is 36.7. The van der Waals surface area contributed by atoms with E-state index >= 15 is 0 Å². The van der Waals surface area contributed by atoms with Gasteiger partial charge in [-0.05, 0) is 85.8 Å². The second-order valence-corrected chi connectivity index (χ2v) is 18.2. The van der Waals surface area contributed by atoms with Crippen LogP contribution in [0.5, 0.6) is 11.5 Å². The molecule has 2 aromatic carbocycles. The van der Waals surface area contributed by atoms with Crippen molar-refractivity contribution in [2.45, 2.75) is 196 Å². The van der Waals surface area contributed by atoms with Crippen molar-refractivity contribution in [2.75, 3.05) is 13.2 Å². The van der Waals surface area contributed by atoms with E-state index in [4.69, 9.17) is 18.1 Å². The molecule has 4 atom stereocenters. The van der Waals surface area contributed by atoms with Crippen LogP contribution in [-0.4, -0.2) is 13.2 Å². The van der Waals surface area contributed by atoms with Crippen LogP contribution in [0.4, 0.5) is 0 Å². The van der Waals surface area contributed by atoms with Crippen molar-refractivity contribution in [3.05, 3.63) is 59.7 Å². The fourth-order valence-electron chi connectivity index (χ4n) is 6.51. The molecule has 0 heterocycles. The van der Waals surface area contributed by atoms with Crippen molar-refractivity contribution in [3.8, 4) is 11.5 Å². The first-order valence-corrected chi connectivity index (χ1v) is 25.4. The quantitative estimate of drug-likeness (QED) is 0.0504.